The zero-order valence-corrected chi connectivity index (χ0v) is 9.53. The molecular formula is C13H17BN. The molecule has 15 heavy (non-hydrogen) atoms. The molecule has 77 valence electrons. The smallest absolute Gasteiger partial charge is 0.148 e. The van der Waals surface area contributed by atoms with E-state index in [0.717, 1.165) is 16.6 Å². The summed E-state index contributed by atoms with van der Waals surface area (Å²) in [4.78, 5) is 3.89. The molecule has 1 radical (unpaired) electrons. The molecule has 0 aromatic rings. The lowest BCUT2D eigenvalue weighted by molar-refractivity contribution is 1.47. The first-order chi connectivity index (χ1) is 7.13. The number of rotatable bonds is 6. The van der Waals surface area contributed by atoms with Gasteiger partial charge in [0.25, 0.3) is 0 Å². The van der Waals surface area contributed by atoms with Gasteiger partial charge in [-0.25, -0.2) is 0 Å². The Hall–Kier alpha value is -1.57. The van der Waals surface area contributed by atoms with Gasteiger partial charge in [0.1, 0.15) is 7.28 Å². The molecule has 0 aliphatic carbocycles. The predicted octanol–water partition coefficient (Wildman–Crippen LogP) is 3.18. The quantitative estimate of drug-likeness (QED) is 0.353. The summed E-state index contributed by atoms with van der Waals surface area (Å²) in [6.07, 6.45) is 9.28. The van der Waals surface area contributed by atoms with Gasteiger partial charge >= 0.3 is 0 Å². The molecule has 1 nitrogen and oxygen atoms in total. The minimum Gasteiger partial charge on any atom is -0.296 e. The van der Waals surface area contributed by atoms with Crippen LogP contribution >= 0.6 is 0 Å². The summed E-state index contributed by atoms with van der Waals surface area (Å²) >= 11 is 0. The summed E-state index contributed by atoms with van der Waals surface area (Å²) in [5.41, 5.74) is 2.83. The molecular weight excluding hydrogens is 181 g/mol. The Morgan fingerprint density at radius 3 is 2.33 bits per heavy atom. The third-order valence-corrected chi connectivity index (χ3v) is 1.73. The summed E-state index contributed by atoms with van der Waals surface area (Å²) < 4.78 is 0. The summed E-state index contributed by atoms with van der Waals surface area (Å²) in [7, 11) is 3.73. The van der Waals surface area contributed by atoms with E-state index >= 15 is 0 Å². The van der Waals surface area contributed by atoms with Crippen LogP contribution in [0.3, 0.4) is 0 Å². The van der Waals surface area contributed by atoms with E-state index in [9.17, 15) is 0 Å². The first-order valence-corrected chi connectivity index (χ1v) is 4.75. The number of nitrogens with zero attached hydrogens (tertiary/aromatic N) is 1. The van der Waals surface area contributed by atoms with Crippen molar-refractivity contribution in [1.82, 2.24) is 0 Å². The van der Waals surface area contributed by atoms with Gasteiger partial charge in [-0.3, -0.25) is 4.99 Å². The Morgan fingerprint density at radius 1 is 1.20 bits per heavy atom. The summed E-state index contributed by atoms with van der Waals surface area (Å²) in [6.45, 7) is 13.3. The SMILES string of the molecule is C=CC(=C)/C=C\C([B]C)=C/C(=C)C=NC. The van der Waals surface area contributed by atoms with Crippen LogP contribution in [0, 0.1) is 0 Å². The van der Waals surface area contributed by atoms with Crippen LogP contribution < -0.4 is 0 Å². The number of aliphatic imine (C=N–C) groups is 1. The molecule has 2 heteroatoms. The van der Waals surface area contributed by atoms with E-state index in [1.807, 2.05) is 32.3 Å². The van der Waals surface area contributed by atoms with Crippen molar-refractivity contribution >= 4 is 13.5 Å². The highest BCUT2D eigenvalue weighted by molar-refractivity contribution is 6.45. The minimum absolute atomic E-state index is 0.875. The van der Waals surface area contributed by atoms with E-state index in [4.69, 9.17) is 0 Å². The predicted molar refractivity (Wildman–Crippen MR) is 71.7 cm³/mol. The Kier molecular flexibility index (Phi) is 6.99. The maximum absolute atomic E-state index is 3.89. The van der Waals surface area contributed by atoms with Crippen LogP contribution in [-0.4, -0.2) is 20.5 Å². The van der Waals surface area contributed by atoms with Crippen molar-refractivity contribution in [2.75, 3.05) is 7.05 Å². The van der Waals surface area contributed by atoms with Crippen molar-refractivity contribution in [3.05, 3.63) is 60.7 Å². The maximum atomic E-state index is 3.89. The summed E-state index contributed by atoms with van der Waals surface area (Å²) in [5, 5.41) is 0. The van der Waals surface area contributed by atoms with Crippen molar-refractivity contribution in [1.29, 1.82) is 0 Å². The van der Waals surface area contributed by atoms with Crippen molar-refractivity contribution in [3.8, 4) is 0 Å². The van der Waals surface area contributed by atoms with Gasteiger partial charge in [0.2, 0.25) is 0 Å². The first kappa shape index (κ1) is 13.4. The van der Waals surface area contributed by atoms with Crippen LogP contribution in [0.5, 0.6) is 0 Å². The van der Waals surface area contributed by atoms with E-state index in [-0.39, 0.29) is 0 Å². The molecule has 0 bridgehead atoms. The second-order valence-electron chi connectivity index (χ2n) is 3.01. The fraction of sp³-hybridized carbons (Fsp3) is 0.154. The van der Waals surface area contributed by atoms with Crippen LogP contribution in [0.1, 0.15) is 0 Å². The zero-order chi connectivity index (χ0) is 11.7. The molecule has 0 heterocycles. The van der Waals surface area contributed by atoms with Crippen LogP contribution in [0.15, 0.2) is 65.7 Å². The maximum Gasteiger partial charge on any atom is 0.148 e. The Labute approximate surface area is 93.6 Å². The second-order valence-corrected chi connectivity index (χ2v) is 3.01. The van der Waals surface area contributed by atoms with E-state index in [1.54, 1.807) is 19.3 Å². The van der Waals surface area contributed by atoms with Gasteiger partial charge in [-0.1, -0.05) is 56.3 Å². The van der Waals surface area contributed by atoms with Crippen molar-refractivity contribution in [2.45, 2.75) is 6.82 Å². The number of allylic oxidation sites excluding steroid dienone is 7. The molecule has 0 spiro atoms. The molecule has 0 aromatic carbocycles. The number of hydrogen-bond acceptors (Lipinski definition) is 1. The molecule has 0 N–H and O–H groups in total. The fourth-order valence-electron chi connectivity index (χ4n) is 0.916. The topological polar surface area (TPSA) is 12.4 Å². The minimum atomic E-state index is 0.875. The molecule has 0 aromatic heterocycles. The second kappa shape index (κ2) is 7.80. The van der Waals surface area contributed by atoms with Crippen molar-refractivity contribution < 1.29 is 0 Å². The summed E-state index contributed by atoms with van der Waals surface area (Å²) in [5.74, 6) is 0. The third kappa shape index (κ3) is 6.50. The first-order valence-electron chi connectivity index (χ1n) is 4.75. The lowest BCUT2D eigenvalue weighted by Crippen LogP contribution is -1.89. The van der Waals surface area contributed by atoms with E-state index in [2.05, 4.69) is 24.7 Å². The van der Waals surface area contributed by atoms with Crippen molar-refractivity contribution in [2.24, 2.45) is 4.99 Å². The Bertz CT molecular complexity index is 332. The summed E-state index contributed by atoms with van der Waals surface area (Å²) in [6, 6.07) is 0. The molecule has 0 saturated carbocycles. The van der Waals surface area contributed by atoms with Gasteiger partial charge in [-0.2, -0.15) is 0 Å². The monoisotopic (exact) mass is 198 g/mol. The largest absolute Gasteiger partial charge is 0.296 e. The van der Waals surface area contributed by atoms with Crippen molar-refractivity contribution in [3.63, 3.8) is 0 Å². The highest BCUT2D eigenvalue weighted by Crippen LogP contribution is 2.03. The average molecular weight is 198 g/mol. The van der Waals surface area contributed by atoms with Crippen LogP contribution in [0.2, 0.25) is 6.82 Å². The Morgan fingerprint density at radius 2 is 1.87 bits per heavy atom. The van der Waals surface area contributed by atoms with E-state index in [1.165, 1.54) is 0 Å². The van der Waals surface area contributed by atoms with Gasteiger partial charge in [0, 0.05) is 13.3 Å². The van der Waals surface area contributed by atoms with Gasteiger partial charge < -0.3 is 0 Å². The fourth-order valence-corrected chi connectivity index (χ4v) is 0.916. The molecule has 0 saturated heterocycles. The van der Waals surface area contributed by atoms with Gasteiger partial charge in [-0.05, 0) is 11.1 Å². The molecule has 0 unspecified atom stereocenters. The van der Waals surface area contributed by atoms with Gasteiger partial charge in [0.05, 0.1) is 0 Å². The van der Waals surface area contributed by atoms with Crippen LogP contribution in [0.25, 0.3) is 0 Å². The molecule has 0 rings (SSSR count). The molecule has 0 atom stereocenters. The highest BCUT2D eigenvalue weighted by atomic mass is 14.6. The average Bonchev–Trinajstić information content (AvgIpc) is 2.23. The molecule has 0 amide bonds. The van der Waals surface area contributed by atoms with Crippen LogP contribution in [-0.2, 0) is 0 Å². The molecule has 0 aliphatic rings. The van der Waals surface area contributed by atoms with Crippen LogP contribution in [0.4, 0.5) is 0 Å². The molecule has 0 aliphatic heterocycles. The van der Waals surface area contributed by atoms with Gasteiger partial charge in [-0.15, -0.1) is 0 Å². The molecule has 0 fully saturated rings. The van der Waals surface area contributed by atoms with E-state index in [0.29, 0.717) is 0 Å². The van der Waals surface area contributed by atoms with Gasteiger partial charge in [0.15, 0.2) is 0 Å². The highest BCUT2D eigenvalue weighted by Gasteiger charge is 1.91. The normalized spacial score (nSPS) is 12.0. The zero-order valence-electron chi connectivity index (χ0n) is 9.53. The lowest BCUT2D eigenvalue weighted by atomic mass is 9.71. The number of hydrogen-bond donors (Lipinski definition) is 0. The lowest BCUT2D eigenvalue weighted by Gasteiger charge is -1.97. The Balaban J connectivity index is 4.62. The van der Waals surface area contributed by atoms with E-state index < -0.39 is 0 Å². The standard InChI is InChI=1S/C13H17BN/c1-6-11(2)7-8-13(14-4)9-12(3)10-15-5/h6-10H,1-3H2,4-5H3/b8-7-,13-9+,15-10?. The third-order valence-electron chi connectivity index (χ3n) is 1.73.